The summed E-state index contributed by atoms with van der Waals surface area (Å²) in [6.45, 7) is 4.82. The van der Waals surface area contributed by atoms with Gasteiger partial charge in [-0.05, 0) is 56.7 Å². The quantitative estimate of drug-likeness (QED) is 0.808. The van der Waals surface area contributed by atoms with Crippen LogP contribution in [0.4, 0.5) is 4.39 Å². The number of hydrogen-bond acceptors (Lipinski definition) is 4. The van der Waals surface area contributed by atoms with Gasteiger partial charge in [0, 0.05) is 38.6 Å². The third kappa shape index (κ3) is 3.61. The SMILES string of the molecule is CC(O)([C@H]1CCCN(S(=O)(=O)N2CCC2c2cccc(F)c2)C1)N1CCCC1. The van der Waals surface area contributed by atoms with E-state index < -0.39 is 15.9 Å². The van der Waals surface area contributed by atoms with Crippen molar-refractivity contribution in [1.82, 2.24) is 13.5 Å². The number of aliphatic hydroxyl groups is 1. The minimum atomic E-state index is -3.64. The molecule has 156 valence electrons. The number of benzene rings is 1. The molecule has 6 nitrogen and oxygen atoms in total. The minimum absolute atomic E-state index is 0.108. The molecule has 1 aromatic carbocycles. The number of halogens is 1. The summed E-state index contributed by atoms with van der Waals surface area (Å²) in [7, 11) is -3.64. The van der Waals surface area contributed by atoms with Gasteiger partial charge in [0.15, 0.2) is 0 Å². The highest BCUT2D eigenvalue weighted by molar-refractivity contribution is 7.86. The molecule has 3 atom stereocenters. The van der Waals surface area contributed by atoms with E-state index in [4.69, 9.17) is 0 Å². The number of nitrogens with zero attached hydrogens (tertiary/aromatic N) is 3. The monoisotopic (exact) mass is 411 g/mol. The lowest BCUT2D eigenvalue weighted by Crippen LogP contribution is -2.59. The Labute approximate surface area is 167 Å². The third-order valence-corrected chi connectivity index (χ3v) is 8.74. The highest BCUT2D eigenvalue weighted by Crippen LogP contribution is 2.39. The smallest absolute Gasteiger partial charge is 0.282 e. The molecule has 28 heavy (non-hydrogen) atoms. The number of rotatable bonds is 5. The van der Waals surface area contributed by atoms with Crippen LogP contribution in [-0.2, 0) is 10.2 Å². The first kappa shape index (κ1) is 20.2. The molecule has 0 amide bonds. The molecule has 1 aromatic rings. The lowest BCUT2D eigenvalue weighted by Gasteiger charge is -2.47. The lowest BCUT2D eigenvalue weighted by atomic mass is 9.88. The Balaban J connectivity index is 1.49. The first-order chi connectivity index (χ1) is 13.3. The molecule has 3 aliphatic rings. The number of hydrogen-bond donors (Lipinski definition) is 1. The van der Waals surface area contributed by atoms with Gasteiger partial charge in [-0.2, -0.15) is 17.0 Å². The molecule has 2 unspecified atom stereocenters. The van der Waals surface area contributed by atoms with Crippen molar-refractivity contribution in [3.63, 3.8) is 0 Å². The van der Waals surface area contributed by atoms with Gasteiger partial charge in [-0.25, -0.2) is 4.39 Å². The molecule has 3 aliphatic heterocycles. The minimum Gasteiger partial charge on any atom is -0.376 e. The second-order valence-corrected chi connectivity index (χ2v) is 10.3. The summed E-state index contributed by atoms with van der Waals surface area (Å²) in [6, 6.07) is 5.89. The Morgan fingerprint density at radius 3 is 2.50 bits per heavy atom. The predicted octanol–water partition coefficient (Wildman–Crippen LogP) is 2.33. The van der Waals surface area contributed by atoms with Crippen molar-refractivity contribution in [2.24, 2.45) is 5.92 Å². The Morgan fingerprint density at radius 1 is 1.11 bits per heavy atom. The average Bonchev–Trinajstić information content (AvgIpc) is 3.16. The predicted molar refractivity (Wildman–Crippen MR) is 105 cm³/mol. The van der Waals surface area contributed by atoms with Crippen LogP contribution in [0.15, 0.2) is 24.3 Å². The van der Waals surface area contributed by atoms with Crippen molar-refractivity contribution in [1.29, 1.82) is 0 Å². The summed E-state index contributed by atoms with van der Waals surface area (Å²) in [4.78, 5) is 2.09. The van der Waals surface area contributed by atoms with Crippen LogP contribution in [0.25, 0.3) is 0 Å². The maximum atomic E-state index is 13.6. The van der Waals surface area contributed by atoms with Crippen LogP contribution >= 0.6 is 0 Å². The van der Waals surface area contributed by atoms with E-state index >= 15 is 0 Å². The number of likely N-dealkylation sites (tertiary alicyclic amines) is 1. The van der Waals surface area contributed by atoms with Crippen molar-refractivity contribution in [3.8, 4) is 0 Å². The van der Waals surface area contributed by atoms with Crippen molar-refractivity contribution >= 4 is 10.2 Å². The summed E-state index contributed by atoms with van der Waals surface area (Å²) in [5.74, 6) is -0.454. The van der Waals surface area contributed by atoms with E-state index in [-0.39, 0.29) is 17.8 Å². The van der Waals surface area contributed by atoms with E-state index in [1.54, 1.807) is 12.1 Å². The van der Waals surface area contributed by atoms with Gasteiger partial charge in [0.1, 0.15) is 11.5 Å². The zero-order chi connectivity index (χ0) is 19.9. The fourth-order valence-electron chi connectivity index (χ4n) is 4.86. The zero-order valence-corrected chi connectivity index (χ0v) is 17.2. The first-order valence-electron chi connectivity index (χ1n) is 10.3. The van der Waals surface area contributed by atoms with Crippen LogP contribution in [0, 0.1) is 11.7 Å². The summed E-state index contributed by atoms with van der Waals surface area (Å²) >= 11 is 0. The molecule has 0 bridgehead atoms. The normalized spacial score (nSPS) is 30.1. The van der Waals surface area contributed by atoms with Gasteiger partial charge in [0.25, 0.3) is 10.2 Å². The van der Waals surface area contributed by atoms with Crippen LogP contribution in [0.3, 0.4) is 0 Å². The van der Waals surface area contributed by atoms with E-state index in [1.165, 1.54) is 20.7 Å². The molecule has 3 fully saturated rings. The fraction of sp³-hybridized carbons (Fsp3) is 0.700. The first-order valence-corrected chi connectivity index (χ1v) is 11.7. The highest BCUT2D eigenvalue weighted by Gasteiger charge is 2.47. The Kier molecular flexibility index (Phi) is 5.52. The van der Waals surface area contributed by atoms with Crippen molar-refractivity contribution in [2.45, 2.75) is 50.8 Å². The van der Waals surface area contributed by atoms with E-state index in [9.17, 15) is 17.9 Å². The molecule has 0 saturated carbocycles. The van der Waals surface area contributed by atoms with E-state index in [2.05, 4.69) is 4.90 Å². The zero-order valence-electron chi connectivity index (χ0n) is 16.4. The van der Waals surface area contributed by atoms with Crippen LogP contribution in [0.5, 0.6) is 0 Å². The molecule has 4 rings (SSSR count). The summed E-state index contributed by atoms with van der Waals surface area (Å²) in [5, 5.41) is 11.1. The maximum Gasteiger partial charge on any atom is 0.282 e. The van der Waals surface area contributed by atoms with E-state index in [0.29, 0.717) is 31.6 Å². The van der Waals surface area contributed by atoms with E-state index in [1.807, 2.05) is 6.92 Å². The molecule has 0 aliphatic carbocycles. The average molecular weight is 412 g/mol. The maximum absolute atomic E-state index is 13.6. The van der Waals surface area contributed by atoms with Gasteiger partial charge in [0.2, 0.25) is 0 Å². The topological polar surface area (TPSA) is 64.1 Å². The van der Waals surface area contributed by atoms with Gasteiger partial charge in [0.05, 0.1) is 6.04 Å². The molecule has 3 heterocycles. The van der Waals surface area contributed by atoms with Gasteiger partial charge in [-0.15, -0.1) is 0 Å². The van der Waals surface area contributed by atoms with Crippen molar-refractivity contribution < 1.29 is 17.9 Å². The van der Waals surface area contributed by atoms with Gasteiger partial charge < -0.3 is 5.11 Å². The summed E-state index contributed by atoms with van der Waals surface area (Å²) in [6.07, 6.45) is 4.42. The second-order valence-electron chi connectivity index (χ2n) is 8.46. The van der Waals surface area contributed by atoms with Crippen LogP contribution in [0.2, 0.25) is 0 Å². The number of piperidine rings is 1. The van der Waals surface area contributed by atoms with E-state index in [0.717, 1.165) is 38.8 Å². The largest absolute Gasteiger partial charge is 0.376 e. The third-order valence-electron chi connectivity index (χ3n) is 6.73. The molecule has 0 aromatic heterocycles. The Morgan fingerprint density at radius 2 is 1.86 bits per heavy atom. The fourth-order valence-corrected chi connectivity index (χ4v) is 6.77. The molecular weight excluding hydrogens is 381 g/mol. The standard InChI is InChI=1S/C20H30FN3O3S/c1-20(25,22-10-2-3-11-22)17-7-5-12-23(15-17)28(26,27)24-13-9-19(24)16-6-4-8-18(21)14-16/h4,6,8,14,17,19,25H,2-3,5,7,9-13,15H2,1H3/t17-,19?,20?/m0/s1. The molecule has 0 spiro atoms. The molecule has 8 heteroatoms. The van der Waals surface area contributed by atoms with Gasteiger partial charge in [-0.3, -0.25) is 4.90 Å². The molecule has 1 N–H and O–H groups in total. The molecule has 3 saturated heterocycles. The van der Waals surface area contributed by atoms with Crippen molar-refractivity contribution in [3.05, 3.63) is 35.6 Å². The Bertz CT molecular complexity index is 811. The molecule has 0 radical (unpaired) electrons. The summed E-state index contributed by atoms with van der Waals surface area (Å²) in [5.41, 5.74) is -0.283. The van der Waals surface area contributed by atoms with Crippen LogP contribution < -0.4 is 0 Å². The summed E-state index contributed by atoms with van der Waals surface area (Å²) < 4.78 is 43.2. The highest BCUT2D eigenvalue weighted by atomic mass is 32.2. The Hall–Kier alpha value is -1.06. The van der Waals surface area contributed by atoms with Gasteiger partial charge in [-0.1, -0.05) is 12.1 Å². The van der Waals surface area contributed by atoms with Crippen molar-refractivity contribution in [2.75, 3.05) is 32.7 Å². The van der Waals surface area contributed by atoms with Gasteiger partial charge >= 0.3 is 0 Å². The lowest BCUT2D eigenvalue weighted by molar-refractivity contribution is -0.136. The van der Waals surface area contributed by atoms with Crippen LogP contribution in [-0.4, -0.2) is 65.5 Å². The van der Waals surface area contributed by atoms with Crippen LogP contribution in [0.1, 0.15) is 50.6 Å². The molecular formula is C20H30FN3O3S. The second kappa shape index (κ2) is 7.65.